The van der Waals surface area contributed by atoms with E-state index >= 15 is 0 Å². The number of pyridine rings is 1. The highest BCUT2D eigenvalue weighted by Crippen LogP contribution is 2.38. The minimum absolute atomic E-state index is 0.0333. The summed E-state index contributed by atoms with van der Waals surface area (Å²) in [5, 5.41) is 14.1. The largest absolute Gasteiger partial charge is 0.481 e. The van der Waals surface area contributed by atoms with Crippen LogP contribution in [0.2, 0.25) is 0 Å². The summed E-state index contributed by atoms with van der Waals surface area (Å²) >= 11 is 0. The maximum atomic E-state index is 12.7. The minimum Gasteiger partial charge on any atom is -0.481 e. The quantitative estimate of drug-likeness (QED) is 0.918. The van der Waals surface area contributed by atoms with Crippen molar-refractivity contribution < 1.29 is 14.7 Å². The topological polar surface area (TPSA) is 88.3 Å². The van der Waals surface area contributed by atoms with E-state index in [1.807, 2.05) is 27.0 Å². The van der Waals surface area contributed by atoms with E-state index in [0.717, 1.165) is 22.5 Å². The number of likely N-dealkylation sites (tertiary alicyclic amines) is 1. The van der Waals surface area contributed by atoms with E-state index in [1.54, 1.807) is 28.0 Å². The predicted octanol–water partition coefficient (Wildman–Crippen LogP) is 2.00. The Hall–Kier alpha value is -2.70. The Morgan fingerprint density at radius 3 is 2.72 bits per heavy atom. The smallest absolute Gasteiger partial charge is 0.308 e. The molecule has 2 unspecified atom stereocenters. The van der Waals surface area contributed by atoms with E-state index in [1.165, 1.54) is 0 Å². The van der Waals surface area contributed by atoms with Gasteiger partial charge in [0.05, 0.1) is 17.7 Å². The molecule has 2 aromatic rings. The van der Waals surface area contributed by atoms with Gasteiger partial charge in [-0.2, -0.15) is 5.10 Å². The monoisotopic (exact) mass is 342 g/mol. The molecule has 3 heterocycles. The van der Waals surface area contributed by atoms with E-state index in [0.29, 0.717) is 13.0 Å². The Labute approximate surface area is 146 Å². The zero-order chi connectivity index (χ0) is 18.1. The molecule has 3 rings (SSSR count). The second-order valence-corrected chi connectivity index (χ2v) is 6.51. The lowest BCUT2D eigenvalue weighted by Crippen LogP contribution is -2.45. The van der Waals surface area contributed by atoms with Gasteiger partial charge in [-0.15, -0.1) is 0 Å². The maximum absolute atomic E-state index is 12.7. The lowest BCUT2D eigenvalue weighted by Gasteiger charge is -2.39. The first-order valence-corrected chi connectivity index (χ1v) is 8.31. The summed E-state index contributed by atoms with van der Waals surface area (Å²) < 4.78 is 1.78. The number of piperidine rings is 1. The van der Waals surface area contributed by atoms with E-state index in [4.69, 9.17) is 0 Å². The van der Waals surface area contributed by atoms with Crippen LogP contribution in [0.25, 0.3) is 0 Å². The normalized spacial score (nSPS) is 20.8. The number of rotatable bonds is 4. The van der Waals surface area contributed by atoms with Crippen LogP contribution in [-0.2, 0) is 23.2 Å². The molecule has 1 aliphatic heterocycles. The van der Waals surface area contributed by atoms with Gasteiger partial charge in [-0.25, -0.2) is 0 Å². The summed E-state index contributed by atoms with van der Waals surface area (Å²) in [6.45, 7) is 4.22. The van der Waals surface area contributed by atoms with Crippen LogP contribution in [0.5, 0.6) is 0 Å². The van der Waals surface area contributed by atoms with Crippen LogP contribution in [0.1, 0.15) is 41.4 Å². The van der Waals surface area contributed by atoms with Crippen LogP contribution < -0.4 is 0 Å². The van der Waals surface area contributed by atoms with E-state index in [9.17, 15) is 14.7 Å². The van der Waals surface area contributed by atoms with Gasteiger partial charge in [0.25, 0.3) is 0 Å². The fraction of sp³-hybridized carbons (Fsp3) is 0.444. The molecule has 0 radical (unpaired) electrons. The zero-order valence-corrected chi connectivity index (χ0v) is 14.6. The lowest BCUT2D eigenvalue weighted by molar-refractivity contribution is -0.152. The second kappa shape index (κ2) is 6.66. The fourth-order valence-corrected chi connectivity index (χ4v) is 3.58. The number of aliphatic carboxylic acids is 1. The van der Waals surface area contributed by atoms with Crippen molar-refractivity contribution in [2.45, 2.75) is 39.3 Å². The van der Waals surface area contributed by atoms with E-state index < -0.39 is 17.9 Å². The third-order valence-corrected chi connectivity index (χ3v) is 5.04. The molecule has 25 heavy (non-hydrogen) atoms. The number of aryl methyl sites for hydroxylation is 2. The Bertz CT molecular complexity index is 800. The van der Waals surface area contributed by atoms with E-state index in [2.05, 4.69) is 10.1 Å². The SMILES string of the molecule is Cc1nn(C)c(C)c1CN1C(=O)CCC(C(=O)O)C1c1cccnc1. The van der Waals surface area contributed by atoms with Gasteiger partial charge < -0.3 is 10.0 Å². The molecule has 0 aliphatic carbocycles. The average molecular weight is 342 g/mol. The molecule has 1 fully saturated rings. The van der Waals surface area contributed by atoms with Gasteiger partial charge in [0, 0.05) is 43.7 Å². The molecule has 1 aliphatic rings. The molecule has 2 atom stereocenters. The Morgan fingerprint density at radius 2 is 2.16 bits per heavy atom. The van der Waals surface area contributed by atoms with Crippen LogP contribution in [0.4, 0.5) is 0 Å². The van der Waals surface area contributed by atoms with Crippen LogP contribution in [0.3, 0.4) is 0 Å². The van der Waals surface area contributed by atoms with Crippen LogP contribution in [0.15, 0.2) is 24.5 Å². The molecule has 1 N–H and O–H groups in total. The average Bonchev–Trinajstić information content (AvgIpc) is 2.83. The number of hydrogen-bond donors (Lipinski definition) is 1. The van der Waals surface area contributed by atoms with Gasteiger partial charge in [0.1, 0.15) is 0 Å². The maximum Gasteiger partial charge on any atom is 0.308 e. The number of amides is 1. The van der Waals surface area contributed by atoms with E-state index in [-0.39, 0.29) is 12.3 Å². The Kier molecular flexibility index (Phi) is 4.57. The summed E-state index contributed by atoms with van der Waals surface area (Å²) in [5.74, 6) is -1.56. The standard InChI is InChI=1S/C18H22N4O3/c1-11-15(12(2)21(3)20-11)10-22-16(23)7-6-14(18(24)25)17(22)13-5-4-8-19-9-13/h4-5,8-9,14,17H,6-7,10H2,1-3H3,(H,24,25). The van der Waals surface area contributed by atoms with Crippen molar-refractivity contribution in [3.63, 3.8) is 0 Å². The summed E-state index contributed by atoms with van der Waals surface area (Å²) in [5.41, 5.74) is 3.56. The summed E-state index contributed by atoms with van der Waals surface area (Å²) in [7, 11) is 1.86. The van der Waals surface area contributed by atoms with Gasteiger partial charge >= 0.3 is 5.97 Å². The second-order valence-electron chi connectivity index (χ2n) is 6.51. The third-order valence-electron chi connectivity index (χ3n) is 5.04. The first kappa shape index (κ1) is 17.1. The van der Waals surface area contributed by atoms with Crippen molar-refractivity contribution >= 4 is 11.9 Å². The summed E-state index contributed by atoms with van der Waals surface area (Å²) in [6, 6.07) is 3.08. The highest BCUT2D eigenvalue weighted by molar-refractivity contribution is 5.81. The van der Waals surface area contributed by atoms with Gasteiger partial charge in [-0.1, -0.05) is 6.07 Å². The number of carbonyl (C=O) groups excluding carboxylic acids is 1. The van der Waals surface area contributed by atoms with Crippen LogP contribution in [-0.4, -0.2) is 36.6 Å². The molecule has 1 saturated heterocycles. The molecule has 0 saturated carbocycles. The summed E-state index contributed by atoms with van der Waals surface area (Å²) in [4.78, 5) is 30.3. The molecule has 2 aromatic heterocycles. The highest BCUT2D eigenvalue weighted by Gasteiger charge is 2.41. The first-order valence-electron chi connectivity index (χ1n) is 8.31. The Balaban J connectivity index is 2.03. The van der Waals surface area contributed by atoms with Crippen molar-refractivity contribution in [3.05, 3.63) is 47.0 Å². The molecule has 7 nitrogen and oxygen atoms in total. The Morgan fingerprint density at radius 1 is 1.40 bits per heavy atom. The number of aromatic nitrogens is 3. The van der Waals surface area contributed by atoms with Gasteiger partial charge in [0.15, 0.2) is 0 Å². The highest BCUT2D eigenvalue weighted by atomic mass is 16.4. The van der Waals surface area contributed by atoms with Gasteiger partial charge in [-0.3, -0.25) is 19.3 Å². The zero-order valence-electron chi connectivity index (χ0n) is 14.6. The molecule has 132 valence electrons. The third kappa shape index (κ3) is 3.14. The van der Waals surface area contributed by atoms with Crippen molar-refractivity contribution in [1.82, 2.24) is 19.7 Å². The van der Waals surface area contributed by atoms with Crippen LogP contribution in [0, 0.1) is 19.8 Å². The molecule has 7 heteroatoms. The number of carboxylic acid groups (broad SMARTS) is 1. The first-order chi connectivity index (χ1) is 11.9. The number of hydrogen-bond acceptors (Lipinski definition) is 4. The fourth-order valence-electron chi connectivity index (χ4n) is 3.58. The molecule has 0 spiro atoms. The number of nitrogens with zero attached hydrogens (tertiary/aromatic N) is 4. The molecule has 0 aromatic carbocycles. The number of carbonyl (C=O) groups is 2. The predicted molar refractivity (Wildman–Crippen MR) is 90.6 cm³/mol. The molecule has 1 amide bonds. The van der Waals surface area contributed by atoms with Crippen LogP contribution >= 0.6 is 0 Å². The molecule has 0 bridgehead atoms. The number of carboxylic acids is 1. The van der Waals surface area contributed by atoms with Crippen molar-refractivity contribution in [3.8, 4) is 0 Å². The van der Waals surface area contributed by atoms with Gasteiger partial charge in [0.2, 0.25) is 5.91 Å². The van der Waals surface area contributed by atoms with Gasteiger partial charge in [-0.05, 0) is 31.9 Å². The lowest BCUT2D eigenvalue weighted by atomic mass is 9.84. The summed E-state index contributed by atoms with van der Waals surface area (Å²) in [6.07, 6.45) is 3.88. The molecular weight excluding hydrogens is 320 g/mol. The minimum atomic E-state index is -0.883. The van der Waals surface area contributed by atoms with Crippen molar-refractivity contribution in [2.24, 2.45) is 13.0 Å². The van der Waals surface area contributed by atoms with Crippen molar-refractivity contribution in [2.75, 3.05) is 0 Å². The van der Waals surface area contributed by atoms with Crippen molar-refractivity contribution in [1.29, 1.82) is 0 Å². The molecular formula is C18H22N4O3.